The van der Waals surface area contributed by atoms with Crippen LogP contribution in [0.3, 0.4) is 0 Å². The van der Waals surface area contributed by atoms with Gasteiger partial charge in [0.1, 0.15) is 0 Å². The molecule has 0 aromatic carbocycles. The molecule has 0 bridgehead atoms. The van der Waals surface area contributed by atoms with Crippen LogP contribution in [0.2, 0.25) is 0 Å². The predicted molar refractivity (Wildman–Crippen MR) is 36.6 cm³/mol. The van der Waals surface area contributed by atoms with Gasteiger partial charge in [0.05, 0.1) is 4.95 Å². The van der Waals surface area contributed by atoms with E-state index in [0.29, 0.717) is 0 Å². The second kappa shape index (κ2) is 2.33. The largest absolute Gasteiger partial charge is 0.367 e. The van der Waals surface area contributed by atoms with Crippen LogP contribution in [0.5, 0.6) is 0 Å². The van der Waals surface area contributed by atoms with E-state index < -0.39 is 0 Å². The van der Waals surface area contributed by atoms with Crippen LogP contribution in [0.4, 0.5) is 0 Å². The Morgan fingerprint density at radius 1 is 1.75 bits per heavy atom. The normalized spacial score (nSPS) is 13.8. The van der Waals surface area contributed by atoms with Crippen LogP contribution < -0.4 is 5.73 Å². The lowest BCUT2D eigenvalue weighted by atomic mass is 10.3. The molecule has 1 heterocycles. The molecule has 8 heavy (non-hydrogen) atoms. The Morgan fingerprint density at radius 3 is 2.75 bits per heavy atom. The Hall–Kier alpha value is -0.280. The number of aromatic amines is 1. The minimum absolute atomic E-state index is 0.0336. The van der Waals surface area contributed by atoms with Crippen molar-refractivity contribution in [1.82, 2.24) is 4.98 Å². The lowest BCUT2D eigenvalue weighted by Gasteiger charge is -1.94. The van der Waals surface area contributed by atoms with Gasteiger partial charge in [-0.05, 0) is 11.6 Å². The van der Waals surface area contributed by atoms with Crippen molar-refractivity contribution in [2.24, 2.45) is 5.73 Å². The summed E-state index contributed by atoms with van der Waals surface area (Å²) in [6.45, 7) is 0. The van der Waals surface area contributed by atoms with Gasteiger partial charge in [-0.1, -0.05) is 15.9 Å². The van der Waals surface area contributed by atoms with Crippen molar-refractivity contribution in [3.63, 3.8) is 0 Å². The van der Waals surface area contributed by atoms with E-state index in [9.17, 15) is 0 Å². The number of hydrogen-bond acceptors (Lipinski definition) is 1. The number of nitrogens with two attached hydrogens (primary N) is 1. The minimum Gasteiger partial charge on any atom is -0.367 e. The van der Waals surface area contributed by atoms with Gasteiger partial charge in [-0.15, -0.1) is 0 Å². The molecule has 0 saturated heterocycles. The van der Waals surface area contributed by atoms with Crippen molar-refractivity contribution in [2.75, 3.05) is 0 Å². The molecule has 0 fully saturated rings. The van der Waals surface area contributed by atoms with Crippen molar-refractivity contribution in [3.05, 3.63) is 24.0 Å². The van der Waals surface area contributed by atoms with Gasteiger partial charge >= 0.3 is 0 Å². The van der Waals surface area contributed by atoms with Gasteiger partial charge in [-0.3, -0.25) is 0 Å². The molecule has 1 unspecified atom stereocenters. The first-order valence-corrected chi connectivity index (χ1v) is 3.24. The second-order valence-corrected chi connectivity index (χ2v) is 2.53. The Labute approximate surface area is 56.2 Å². The van der Waals surface area contributed by atoms with Crippen LogP contribution in [0.25, 0.3) is 0 Å². The standard InChI is InChI=1S/C5H7BrN2/c6-5(7)4-1-2-8-3-4/h1-3,5,8H,7H2. The fourth-order valence-corrected chi connectivity index (χ4v) is 0.793. The van der Waals surface area contributed by atoms with Crippen LogP contribution in [-0.2, 0) is 0 Å². The smallest absolute Gasteiger partial charge is 0.0876 e. The summed E-state index contributed by atoms with van der Waals surface area (Å²) >= 11 is 3.22. The highest BCUT2D eigenvalue weighted by atomic mass is 79.9. The quantitative estimate of drug-likeness (QED) is 0.491. The van der Waals surface area contributed by atoms with Crippen LogP contribution in [0.1, 0.15) is 10.5 Å². The molecule has 44 valence electrons. The van der Waals surface area contributed by atoms with E-state index in [4.69, 9.17) is 5.73 Å². The fourth-order valence-electron chi connectivity index (χ4n) is 0.508. The molecule has 1 rings (SSSR count). The number of H-pyrrole nitrogens is 1. The Kier molecular flexibility index (Phi) is 1.70. The lowest BCUT2D eigenvalue weighted by molar-refractivity contribution is 1.06. The molecule has 1 aromatic heterocycles. The van der Waals surface area contributed by atoms with Crippen LogP contribution >= 0.6 is 15.9 Å². The maximum absolute atomic E-state index is 5.45. The van der Waals surface area contributed by atoms with Gasteiger partial charge in [-0.25, -0.2) is 0 Å². The van der Waals surface area contributed by atoms with E-state index in [1.807, 2.05) is 18.5 Å². The predicted octanol–water partition coefficient (Wildman–Crippen LogP) is 1.37. The monoisotopic (exact) mass is 174 g/mol. The Morgan fingerprint density at radius 2 is 2.50 bits per heavy atom. The van der Waals surface area contributed by atoms with Gasteiger partial charge in [0.15, 0.2) is 0 Å². The summed E-state index contributed by atoms with van der Waals surface area (Å²) in [5.41, 5.74) is 6.53. The van der Waals surface area contributed by atoms with Crippen LogP contribution in [0.15, 0.2) is 18.5 Å². The summed E-state index contributed by atoms with van der Waals surface area (Å²) < 4.78 is 0. The number of aromatic nitrogens is 1. The van der Waals surface area contributed by atoms with Gasteiger partial charge < -0.3 is 10.7 Å². The summed E-state index contributed by atoms with van der Waals surface area (Å²) in [6, 6.07) is 1.93. The zero-order chi connectivity index (χ0) is 5.98. The van der Waals surface area contributed by atoms with Gasteiger partial charge in [0, 0.05) is 12.4 Å². The first kappa shape index (κ1) is 5.85. The van der Waals surface area contributed by atoms with Crippen molar-refractivity contribution in [3.8, 4) is 0 Å². The van der Waals surface area contributed by atoms with E-state index in [-0.39, 0.29) is 4.95 Å². The summed E-state index contributed by atoms with van der Waals surface area (Å²) in [7, 11) is 0. The molecular weight excluding hydrogens is 168 g/mol. The molecule has 0 spiro atoms. The molecule has 3 heteroatoms. The average Bonchev–Trinajstić information content (AvgIpc) is 2.12. The van der Waals surface area contributed by atoms with E-state index in [1.165, 1.54) is 0 Å². The fraction of sp³-hybridized carbons (Fsp3) is 0.200. The van der Waals surface area contributed by atoms with Crippen molar-refractivity contribution in [2.45, 2.75) is 4.95 Å². The molecule has 2 nitrogen and oxygen atoms in total. The summed E-state index contributed by atoms with van der Waals surface area (Å²) in [4.78, 5) is 2.87. The number of alkyl halides is 1. The number of halogens is 1. The molecule has 0 aliphatic carbocycles. The maximum atomic E-state index is 5.45. The SMILES string of the molecule is NC(Br)c1cc[nH]c1. The molecule has 0 aliphatic heterocycles. The summed E-state index contributed by atoms with van der Waals surface area (Å²) in [5, 5.41) is 0. The molecule has 0 aliphatic rings. The highest BCUT2D eigenvalue weighted by Gasteiger charge is 1.97. The number of nitrogens with one attached hydrogen (secondary N) is 1. The third kappa shape index (κ3) is 1.11. The van der Waals surface area contributed by atoms with Crippen LogP contribution in [0, 0.1) is 0 Å². The number of hydrogen-bond donors (Lipinski definition) is 2. The zero-order valence-corrected chi connectivity index (χ0v) is 5.85. The first-order chi connectivity index (χ1) is 3.80. The molecule has 0 saturated carbocycles. The van der Waals surface area contributed by atoms with E-state index >= 15 is 0 Å². The van der Waals surface area contributed by atoms with E-state index in [2.05, 4.69) is 20.9 Å². The third-order valence-electron chi connectivity index (χ3n) is 0.940. The molecule has 0 radical (unpaired) electrons. The summed E-state index contributed by atoms with van der Waals surface area (Å²) in [5.74, 6) is 0. The third-order valence-corrected chi connectivity index (χ3v) is 1.47. The zero-order valence-electron chi connectivity index (χ0n) is 4.26. The molecule has 3 N–H and O–H groups in total. The Bertz CT molecular complexity index is 145. The first-order valence-electron chi connectivity index (χ1n) is 2.33. The van der Waals surface area contributed by atoms with Crippen molar-refractivity contribution < 1.29 is 0 Å². The second-order valence-electron chi connectivity index (χ2n) is 1.55. The Balaban J connectivity index is 2.77. The van der Waals surface area contributed by atoms with Crippen molar-refractivity contribution in [1.29, 1.82) is 0 Å². The average molecular weight is 175 g/mol. The maximum Gasteiger partial charge on any atom is 0.0876 e. The summed E-state index contributed by atoms with van der Waals surface area (Å²) in [6.07, 6.45) is 3.70. The topological polar surface area (TPSA) is 41.8 Å². The van der Waals surface area contributed by atoms with Crippen LogP contribution in [-0.4, -0.2) is 4.98 Å². The van der Waals surface area contributed by atoms with Crippen molar-refractivity contribution >= 4 is 15.9 Å². The molecular formula is C5H7BrN2. The van der Waals surface area contributed by atoms with Gasteiger partial charge in [-0.2, -0.15) is 0 Å². The number of rotatable bonds is 1. The van der Waals surface area contributed by atoms with E-state index in [1.54, 1.807) is 0 Å². The molecule has 1 atom stereocenters. The van der Waals surface area contributed by atoms with Gasteiger partial charge in [0.25, 0.3) is 0 Å². The molecule has 0 amide bonds. The van der Waals surface area contributed by atoms with E-state index in [0.717, 1.165) is 5.56 Å². The molecule has 1 aromatic rings. The highest BCUT2D eigenvalue weighted by Crippen LogP contribution is 2.13. The van der Waals surface area contributed by atoms with Gasteiger partial charge in [0.2, 0.25) is 0 Å². The minimum atomic E-state index is -0.0336. The lowest BCUT2D eigenvalue weighted by Crippen LogP contribution is -1.98. The highest BCUT2D eigenvalue weighted by molar-refractivity contribution is 9.09.